The first-order valence-electron chi connectivity index (χ1n) is 12.1. The summed E-state index contributed by atoms with van der Waals surface area (Å²) in [5.74, 6) is 0. The van der Waals surface area contributed by atoms with Crippen molar-refractivity contribution in [3.05, 3.63) is 127 Å². The van der Waals surface area contributed by atoms with E-state index < -0.39 is 24.6 Å². The molecule has 0 unspecified atom stereocenters. The summed E-state index contributed by atoms with van der Waals surface area (Å²) in [4.78, 5) is 0. The Morgan fingerprint density at radius 2 is 1.08 bits per heavy atom. The van der Waals surface area contributed by atoms with E-state index in [2.05, 4.69) is 143 Å². The van der Waals surface area contributed by atoms with Crippen LogP contribution < -0.4 is 15.9 Å². The van der Waals surface area contributed by atoms with Gasteiger partial charge < -0.3 is 4.12 Å². The topological polar surface area (TPSA) is 9.23 Å². The molecule has 0 amide bonds. The van der Waals surface area contributed by atoms with Crippen molar-refractivity contribution in [3.63, 3.8) is 0 Å². The molecule has 190 valence electrons. The summed E-state index contributed by atoms with van der Waals surface area (Å²) in [5, 5.41) is 7.10. The molecule has 0 aromatic heterocycles. The molecule has 4 rings (SSSR count). The SMILES string of the molecule is C=C[Si](C)(C)O[Si](C)(C)C=C.Cc1ccc2ccccc2c1[PH+](c1ccccc1)c1ccccc1.[Pd]. The van der Waals surface area contributed by atoms with Crippen LogP contribution in [0.3, 0.4) is 0 Å². The first kappa shape index (κ1) is 30.3. The summed E-state index contributed by atoms with van der Waals surface area (Å²) in [5.41, 5.74) is 5.31. The van der Waals surface area contributed by atoms with Gasteiger partial charge in [0.2, 0.25) is 0 Å². The molecule has 0 radical (unpaired) electrons. The molecule has 0 aliphatic carbocycles. The number of fused-ring (bicyclic) bond motifs is 1. The molecule has 0 saturated carbocycles. The Labute approximate surface area is 235 Å². The molecule has 4 aromatic rings. The summed E-state index contributed by atoms with van der Waals surface area (Å²) in [6.45, 7) is 18.4. The van der Waals surface area contributed by atoms with E-state index in [1.165, 1.54) is 32.2 Å². The van der Waals surface area contributed by atoms with Gasteiger partial charge in [-0.25, -0.2) is 0 Å². The molecular formula is C31H38OPPdSi2+. The minimum atomic E-state index is -1.58. The smallest absolute Gasteiger partial charge is 0.198 e. The van der Waals surface area contributed by atoms with Gasteiger partial charge in [0.15, 0.2) is 16.6 Å². The minimum Gasteiger partial charge on any atom is -0.449 e. The van der Waals surface area contributed by atoms with Crippen molar-refractivity contribution >= 4 is 51.2 Å². The van der Waals surface area contributed by atoms with Crippen molar-refractivity contribution in [2.75, 3.05) is 0 Å². The van der Waals surface area contributed by atoms with Gasteiger partial charge in [0.05, 0.1) is 7.92 Å². The van der Waals surface area contributed by atoms with Crippen molar-refractivity contribution in [2.45, 2.75) is 33.1 Å². The van der Waals surface area contributed by atoms with Crippen molar-refractivity contribution < 1.29 is 24.5 Å². The van der Waals surface area contributed by atoms with Gasteiger partial charge in [0.25, 0.3) is 0 Å². The van der Waals surface area contributed by atoms with Gasteiger partial charge in [-0.1, -0.05) is 84.2 Å². The Balaban J connectivity index is 0.000000327. The standard InChI is InChI=1S/C23H19P.C8H18OSi2.Pd/c1-18-16-17-19-10-8-9-15-22(19)23(18)24(20-11-4-2-5-12-20)21-13-6-3-7-14-21;1-7-10(3,4)9-11(5,6)8-2;/h2-17H,1H3;7-8H,1-2H2,3-6H3;/p+1. The van der Waals surface area contributed by atoms with E-state index in [9.17, 15) is 0 Å². The second kappa shape index (κ2) is 13.6. The molecule has 0 spiro atoms. The number of hydrogen-bond acceptors (Lipinski definition) is 1. The third-order valence-corrected chi connectivity index (χ3v) is 15.2. The zero-order valence-corrected chi connectivity index (χ0v) is 26.6. The molecule has 4 aromatic carbocycles. The van der Waals surface area contributed by atoms with Crippen LogP contribution in [0.25, 0.3) is 10.8 Å². The predicted molar refractivity (Wildman–Crippen MR) is 165 cm³/mol. The molecule has 0 aliphatic heterocycles. The molecule has 0 saturated heterocycles. The number of benzene rings is 4. The van der Waals surface area contributed by atoms with Crippen LogP contribution in [-0.2, 0) is 24.5 Å². The van der Waals surface area contributed by atoms with Crippen LogP contribution in [-0.4, -0.2) is 16.6 Å². The van der Waals surface area contributed by atoms with Gasteiger partial charge in [-0.2, -0.15) is 0 Å². The van der Waals surface area contributed by atoms with E-state index in [4.69, 9.17) is 4.12 Å². The molecule has 36 heavy (non-hydrogen) atoms. The van der Waals surface area contributed by atoms with Crippen LogP contribution in [0.2, 0.25) is 26.2 Å². The average molecular weight is 620 g/mol. The first-order chi connectivity index (χ1) is 16.7. The Bertz CT molecular complexity index is 1220. The summed E-state index contributed by atoms with van der Waals surface area (Å²) in [6.07, 6.45) is 0. The predicted octanol–water partition coefficient (Wildman–Crippen LogP) is 7.50. The normalized spacial score (nSPS) is 11.3. The monoisotopic (exact) mass is 619 g/mol. The van der Waals surface area contributed by atoms with Gasteiger partial charge >= 0.3 is 0 Å². The van der Waals surface area contributed by atoms with E-state index in [1.807, 2.05) is 11.4 Å². The summed E-state index contributed by atoms with van der Waals surface area (Å²) < 4.78 is 5.97. The third kappa shape index (κ3) is 8.05. The fourth-order valence-corrected chi connectivity index (χ4v) is 13.2. The van der Waals surface area contributed by atoms with Crippen LogP contribution in [0.15, 0.2) is 122 Å². The maximum absolute atomic E-state index is 5.97. The van der Waals surface area contributed by atoms with E-state index in [1.54, 1.807) is 0 Å². The van der Waals surface area contributed by atoms with Crippen LogP contribution in [0, 0.1) is 6.92 Å². The van der Waals surface area contributed by atoms with Crippen LogP contribution in [0.1, 0.15) is 5.56 Å². The fraction of sp³-hybridized carbons (Fsp3) is 0.161. The van der Waals surface area contributed by atoms with Crippen LogP contribution in [0.5, 0.6) is 0 Å². The second-order valence-electron chi connectivity index (χ2n) is 9.80. The zero-order valence-electron chi connectivity index (χ0n) is 22.0. The Kier molecular flexibility index (Phi) is 11.5. The van der Waals surface area contributed by atoms with Crippen LogP contribution >= 0.6 is 7.92 Å². The summed E-state index contributed by atoms with van der Waals surface area (Å²) in [7, 11) is -4.19. The zero-order chi connectivity index (χ0) is 25.5. The van der Waals surface area contributed by atoms with Gasteiger partial charge in [-0.15, -0.1) is 13.2 Å². The molecule has 0 aliphatic rings. The van der Waals surface area contributed by atoms with Gasteiger partial charge in [-0.3, -0.25) is 0 Å². The average Bonchev–Trinajstić information content (AvgIpc) is 2.87. The van der Waals surface area contributed by atoms with Crippen LogP contribution in [0.4, 0.5) is 0 Å². The molecule has 1 nitrogen and oxygen atoms in total. The molecule has 0 fully saturated rings. The molecule has 0 heterocycles. The van der Waals surface area contributed by atoms with Gasteiger partial charge in [-0.05, 0) is 68.3 Å². The molecule has 0 atom stereocenters. The third-order valence-electron chi connectivity index (χ3n) is 6.02. The molecule has 5 heteroatoms. The van der Waals surface area contributed by atoms with E-state index >= 15 is 0 Å². The maximum Gasteiger partial charge on any atom is 0.198 e. The van der Waals surface area contributed by atoms with Gasteiger partial charge in [0, 0.05) is 25.8 Å². The minimum absolute atomic E-state index is 0. The quantitative estimate of drug-likeness (QED) is 0.154. The maximum atomic E-state index is 5.97. The van der Waals surface area contributed by atoms with Gasteiger partial charge in [0.1, 0.15) is 15.9 Å². The van der Waals surface area contributed by atoms with E-state index in [0.717, 1.165) is 0 Å². The van der Waals surface area contributed by atoms with E-state index in [-0.39, 0.29) is 20.4 Å². The largest absolute Gasteiger partial charge is 0.449 e. The van der Waals surface area contributed by atoms with Crippen molar-refractivity contribution in [2.24, 2.45) is 0 Å². The van der Waals surface area contributed by atoms with Crippen molar-refractivity contribution in [1.29, 1.82) is 0 Å². The first-order valence-corrected chi connectivity index (χ1v) is 19.6. The Morgan fingerprint density at radius 3 is 1.56 bits per heavy atom. The number of hydrogen-bond donors (Lipinski definition) is 0. The Morgan fingerprint density at radius 1 is 0.639 bits per heavy atom. The van der Waals surface area contributed by atoms with E-state index in [0.29, 0.717) is 0 Å². The van der Waals surface area contributed by atoms with Crippen molar-refractivity contribution in [1.82, 2.24) is 0 Å². The second-order valence-corrected chi connectivity index (χ2v) is 20.3. The summed E-state index contributed by atoms with van der Waals surface area (Å²) >= 11 is 0. The molecular weight excluding hydrogens is 582 g/mol. The molecule has 0 N–H and O–H groups in total. The molecule has 0 bridgehead atoms. The number of rotatable bonds is 7. The fourth-order valence-electron chi connectivity index (χ4n) is 4.14. The summed E-state index contributed by atoms with van der Waals surface area (Å²) in [6, 6.07) is 35.2. The number of aryl methyl sites for hydroxylation is 1. The Hall–Kier alpha value is -1.89. The van der Waals surface area contributed by atoms with Crippen molar-refractivity contribution in [3.8, 4) is 0 Å².